The molecule has 0 spiro atoms. The minimum Gasteiger partial charge on any atom is -0.342 e. The third-order valence-electron chi connectivity index (χ3n) is 3.92. The van der Waals surface area contributed by atoms with E-state index >= 15 is 0 Å². The van der Waals surface area contributed by atoms with Gasteiger partial charge in [-0.3, -0.25) is 9.59 Å². The fourth-order valence-electron chi connectivity index (χ4n) is 2.73. The highest BCUT2D eigenvalue weighted by Gasteiger charge is 2.43. The molecule has 1 aliphatic rings. The topological polar surface area (TPSA) is 62.3 Å². The summed E-state index contributed by atoms with van der Waals surface area (Å²) < 4.78 is 0. The van der Waals surface area contributed by atoms with E-state index in [1.807, 2.05) is 40.0 Å². The normalized spacial score (nSPS) is 24.4. The van der Waals surface area contributed by atoms with Crippen LogP contribution in [0.4, 0.5) is 0 Å². The highest BCUT2D eigenvalue weighted by Crippen LogP contribution is 2.30. The summed E-state index contributed by atoms with van der Waals surface area (Å²) in [6.07, 6.45) is 0.608. The predicted molar refractivity (Wildman–Crippen MR) is 83.0 cm³/mol. The van der Waals surface area contributed by atoms with Crippen LogP contribution in [0.2, 0.25) is 0 Å². The van der Waals surface area contributed by atoms with Gasteiger partial charge in [-0.15, -0.1) is 11.3 Å². The number of nitrogens with one attached hydrogen (secondary N) is 1. The van der Waals surface area contributed by atoms with Crippen LogP contribution >= 0.6 is 11.3 Å². The number of thiazole rings is 1. The molecule has 0 aromatic carbocycles. The van der Waals surface area contributed by atoms with Crippen LogP contribution in [0.15, 0.2) is 5.38 Å². The average Bonchev–Trinajstić information content (AvgIpc) is 2.86. The van der Waals surface area contributed by atoms with Crippen LogP contribution in [0.5, 0.6) is 0 Å². The first-order chi connectivity index (χ1) is 9.86. The molecule has 3 atom stereocenters. The number of rotatable bonds is 4. The molecule has 0 bridgehead atoms. The lowest BCUT2D eigenvalue weighted by Crippen LogP contribution is -2.64. The van der Waals surface area contributed by atoms with Gasteiger partial charge >= 0.3 is 0 Å². The molecule has 2 rings (SSSR count). The molecular formula is C15H23N3O2S. The van der Waals surface area contributed by atoms with Gasteiger partial charge in [-0.2, -0.15) is 0 Å². The number of aryl methyl sites for hydroxylation is 1. The number of piperazine rings is 1. The van der Waals surface area contributed by atoms with Crippen molar-refractivity contribution in [2.75, 3.05) is 0 Å². The van der Waals surface area contributed by atoms with Gasteiger partial charge in [0.2, 0.25) is 11.8 Å². The van der Waals surface area contributed by atoms with Gasteiger partial charge in [-0.05, 0) is 26.2 Å². The largest absolute Gasteiger partial charge is 0.342 e. The molecule has 21 heavy (non-hydrogen) atoms. The number of carbonyl (C=O) groups excluding carboxylic acids is 2. The molecule has 1 aromatic heterocycles. The van der Waals surface area contributed by atoms with E-state index < -0.39 is 12.1 Å². The van der Waals surface area contributed by atoms with Crippen molar-refractivity contribution in [1.29, 1.82) is 0 Å². The van der Waals surface area contributed by atoms with Crippen molar-refractivity contribution in [1.82, 2.24) is 15.2 Å². The SMILES string of the molecule is CCC1C(=O)NC(C(C)C)C(=O)N1C(C)c1nc(C)cs1. The molecule has 1 aromatic rings. The number of carbonyl (C=O) groups is 2. The maximum atomic E-state index is 12.8. The van der Waals surface area contributed by atoms with Crippen molar-refractivity contribution >= 4 is 23.2 Å². The predicted octanol–water partition coefficient (Wildman–Crippen LogP) is 2.27. The first-order valence-electron chi connectivity index (χ1n) is 7.41. The van der Waals surface area contributed by atoms with Gasteiger partial charge in [0.1, 0.15) is 17.1 Å². The Labute approximate surface area is 129 Å². The van der Waals surface area contributed by atoms with E-state index in [0.717, 1.165) is 10.7 Å². The van der Waals surface area contributed by atoms with Gasteiger partial charge in [0.05, 0.1) is 6.04 Å². The number of amides is 2. The Kier molecular flexibility index (Phi) is 4.66. The van der Waals surface area contributed by atoms with Crippen LogP contribution < -0.4 is 5.32 Å². The first-order valence-corrected chi connectivity index (χ1v) is 8.29. The number of hydrogen-bond donors (Lipinski definition) is 1. The summed E-state index contributed by atoms with van der Waals surface area (Å²) >= 11 is 1.54. The summed E-state index contributed by atoms with van der Waals surface area (Å²) in [7, 11) is 0. The van der Waals surface area contributed by atoms with E-state index in [0.29, 0.717) is 6.42 Å². The lowest BCUT2D eigenvalue weighted by atomic mass is 9.95. The molecule has 2 amide bonds. The summed E-state index contributed by atoms with van der Waals surface area (Å²) in [5.74, 6) is 0.0136. The van der Waals surface area contributed by atoms with E-state index in [9.17, 15) is 9.59 Å². The van der Waals surface area contributed by atoms with Gasteiger partial charge in [0.15, 0.2) is 0 Å². The Hall–Kier alpha value is -1.43. The maximum Gasteiger partial charge on any atom is 0.246 e. The molecule has 3 unspecified atom stereocenters. The van der Waals surface area contributed by atoms with E-state index in [1.54, 1.807) is 16.2 Å². The Morgan fingerprint density at radius 3 is 2.52 bits per heavy atom. The third-order valence-corrected chi connectivity index (χ3v) is 5.05. The smallest absolute Gasteiger partial charge is 0.246 e. The second-order valence-corrected chi connectivity index (χ2v) is 6.79. The Morgan fingerprint density at radius 1 is 1.38 bits per heavy atom. The van der Waals surface area contributed by atoms with Crippen molar-refractivity contribution in [2.45, 2.75) is 59.2 Å². The van der Waals surface area contributed by atoms with Crippen molar-refractivity contribution < 1.29 is 9.59 Å². The second-order valence-electron chi connectivity index (χ2n) is 5.90. The first kappa shape index (κ1) is 15.9. The molecule has 1 fully saturated rings. The summed E-state index contributed by atoms with van der Waals surface area (Å²) in [4.78, 5) is 31.3. The summed E-state index contributed by atoms with van der Waals surface area (Å²) in [5, 5.41) is 5.72. The van der Waals surface area contributed by atoms with Gasteiger partial charge in [0, 0.05) is 11.1 Å². The second kappa shape index (κ2) is 6.13. The monoisotopic (exact) mass is 309 g/mol. The van der Waals surface area contributed by atoms with Crippen molar-refractivity contribution in [3.8, 4) is 0 Å². The van der Waals surface area contributed by atoms with Crippen LogP contribution in [0.1, 0.15) is 50.9 Å². The molecule has 116 valence electrons. The van der Waals surface area contributed by atoms with E-state index in [1.165, 1.54) is 0 Å². The fraction of sp³-hybridized carbons (Fsp3) is 0.667. The van der Waals surface area contributed by atoms with E-state index in [4.69, 9.17) is 0 Å². The minimum absolute atomic E-state index is 0.00296. The zero-order chi connectivity index (χ0) is 15.7. The molecule has 2 heterocycles. The molecular weight excluding hydrogens is 286 g/mol. The van der Waals surface area contributed by atoms with Gasteiger partial charge in [0.25, 0.3) is 0 Å². The fourth-order valence-corrected chi connectivity index (χ4v) is 3.58. The van der Waals surface area contributed by atoms with Crippen molar-refractivity contribution in [3.63, 3.8) is 0 Å². The highest BCUT2D eigenvalue weighted by atomic mass is 32.1. The highest BCUT2D eigenvalue weighted by molar-refractivity contribution is 7.09. The Bertz CT molecular complexity index is 541. The lowest BCUT2D eigenvalue weighted by Gasteiger charge is -2.42. The lowest BCUT2D eigenvalue weighted by molar-refractivity contribution is -0.153. The molecule has 1 saturated heterocycles. The standard InChI is InChI=1S/C15H23N3O2S/c1-6-11-13(19)17-12(8(2)3)15(20)18(11)10(5)14-16-9(4)7-21-14/h7-8,10-12H,6H2,1-5H3,(H,17,19). The van der Waals surface area contributed by atoms with Crippen LogP contribution in [-0.2, 0) is 9.59 Å². The molecule has 5 nitrogen and oxygen atoms in total. The van der Waals surface area contributed by atoms with Crippen LogP contribution in [-0.4, -0.2) is 33.8 Å². The molecule has 0 aliphatic carbocycles. The van der Waals surface area contributed by atoms with E-state index in [-0.39, 0.29) is 23.8 Å². The number of nitrogens with zero attached hydrogens (tertiary/aromatic N) is 2. The summed E-state index contributed by atoms with van der Waals surface area (Å²) in [6, 6.07) is -1.02. The molecule has 0 radical (unpaired) electrons. The zero-order valence-corrected chi connectivity index (χ0v) is 14.0. The molecule has 1 aliphatic heterocycles. The van der Waals surface area contributed by atoms with Crippen LogP contribution in [0, 0.1) is 12.8 Å². The Morgan fingerprint density at radius 2 is 2.05 bits per heavy atom. The summed E-state index contributed by atoms with van der Waals surface area (Å²) in [6.45, 7) is 9.72. The minimum atomic E-state index is -0.441. The van der Waals surface area contributed by atoms with Gasteiger partial charge in [-0.25, -0.2) is 4.98 Å². The van der Waals surface area contributed by atoms with Gasteiger partial charge < -0.3 is 10.2 Å². The van der Waals surface area contributed by atoms with Crippen molar-refractivity contribution in [3.05, 3.63) is 16.1 Å². The van der Waals surface area contributed by atoms with Gasteiger partial charge in [-0.1, -0.05) is 20.8 Å². The Balaban J connectivity index is 2.35. The third kappa shape index (κ3) is 2.95. The molecule has 0 saturated carbocycles. The van der Waals surface area contributed by atoms with Crippen LogP contribution in [0.3, 0.4) is 0 Å². The number of aromatic nitrogens is 1. The van der Waals surface area contributed by atoms with E-state index in [2.05, 4.69) is 10.3 Å². The zero-order valence-electron chi connectivity index (χ0n) is 13.2. The quantitative estimate of drug-likeness (QED) is 0.928. The maximum absolute atomic E-state index is 12.8. The number of hydrogen-bond acceptors (Lipinski definition) is 4. The molecule has 1 N–H and O–H groups in total. The summed E-state index contributed by atoms with van der Waals surface area (Å²) in [5.41, 5.74) is 0.948. The average molecular weight is 309 g/mol. The van der Waals surface area contributed by atoms with Crippen molar-refractivity contribution in [2.24, 2.45) is 5.92 Å². The molecule has 6 heteroatoms. The van der Waals surface area contributed by atoms with Crippen LogP contribution in [0.25, 0.3) is 0 Å².